The molecule has 0 bridgehead atoms. The van der Waals surface area contributed by atoms with E-state index in [-0.39, 0.29) is 22.4 Å². The van der Waals surface area contributed by atoms with Gasteiger partial charge in [-0.15, -0.1) is 11.3 Å². The summed E-state index contributed by atoms with van der Waals surface area (Å²) >= 11 is 4.64. The number of nitrogens with one attached hydrogen (secondary N) is 2. The maximum absolute atomic E-state index is 14.1. The predicted molar refractivity (Wildman–Crippen MR) is 102 cm³/mol. The van der Waals surface area contributed by atoms with Crippen LogP contribution in [0.4, 0.5) is 14.9 Å². The van der Waals surface area contributed by atoms with Gasteiger partial charge in [0.2, 0.25) is 0 Å². The Kier molecular flexibility index (Phi) is 4.49. The second-order valence-electron chi connectivity index (χ2n) is 6.08. The molecule has 4 heterocycles. The number of aromatic amines is 1. The predicted octanol–water partition coefficient (Wildman–Crippen LogP) is 4.41. The minimum Gasteiger partial charge on any atom is -0.317 e. The second-order valence-corrected chi connectivity index (χ2v) is 7.78. The van der Waals surface area contributed by atoms with Crippen LogP contribution in [-0.2, 0) is 13.0 Å². The normalized spacial score (nSPS) is 16.4. The van der Waals surface area contributed by atoms with E-state index in [0.29, 0.717) is 13.0 Å². The van der Waals surface area contributed by atoms with Crippen molar-refractivity contribution in [1.82, 2.24) is 20.1 Å². The van der Waals surface area contributed by atoms with Crippen molar-refractivity contribution in [2.75, 3.05) is 5.32 Å². The molecular formula is C17H15BrFN5OS. The van der Waals surface area contributed by atoms with Crippen LogP contribution in [0.1, 0.15) is 18.2 Å². The van der Waals surface area contributed by atoms with Gasteiger partial charge in [0.05, 0.1) is 17.1 Å². The quantitative estimate of drug-likeness (QED) is 0.585. The molecule has 1 atom stereocenters. The third kappa shape index (κ3) is 3.01. The van der Waals surface area contributed by atoms with Gasteiger partial charge in [0, 0.05) is 29.9 Å². The van der Waals surface area contributed by atoms with Gasteiger partial charge in [-0.2, -0.15) is 5.10 Å². The molecular weight excluding hydrogens is 421 g/mol. The Labute approximate surface area is 161 Å². The Morgan fingerprint density at radius 2 is 2.35 bits per heavy atom. The van der Waals surface area contributed by atoms with Gasteiger partial charge in [-0.05, 0) is 40.4 Å². The summed E-state index contributed by atoms with van der Waals surface area (Å²) in [5.41, 5.74) is 3.03. The molecule has 26 heavy (non-hydrogen) atoms. The molecule has 2 amide bonds. The van der Waals surface area contributed by atoms with Crippen LogP contribution in [0.25, 0.3) is 10.6 Å². The lowest BCUT2D eigenvalue weighted by atomic mass is 9.99. The summed E-state index contributed by atoms with van der Waals surface area (Å²) in [4.78, 5) is 19.3. The molecule has 1 aliphatic rings. The summed E-state index contributed by atoms with van der Waals surface area (Å²) in [5, 5.41) is 12.2. The van der Waals surface area contributed by atoms with Crippen LogP contribution in [0.5, 0.6) is 0 Å². The van der Waals surface area contributed by atoms with Gasteiger partial charge in [0.15, 0.2) is 5.82 Å². The first-order valence-electron chi connectivity index (χ1n) is 8.02. The number of urea groups is 1. The van der Waals surface area contributed by atoms with Gasteiger partial charge in [0.25, 0.3) is 0 Å². The lowest BCUT2D eigenvalue weighted by Crippen LogP contribution is -2.44. The molecule has 1 aliphatic heterocycles. The molecule has 0 saturated carbocycles. The number of carbonyl (C=O) groups excluding carboxylic acids is 1. The minimum atomic E-state index is -0.589. The first-order chi connectivity index (χ1) is 12.5. The molecule has 3 aromatic rings. The Hall–Kier alpha value is -2.26. The van der Waals surface area contributed by atoms with Crippen LogP contribution < -0.4 is 5.32 Å². The van der Waals surface area contributed by atoms with Gasteiger partial charge in [0.1, 0.15) is 10.3 Å². The average Bonchev–Trinajstić information content (AvgIpc) is 3.27. The number of nitrogens with zero attached hydrogens (tertiary/aromatic N) is 3. The summed E-state index contributed by atoms with van der Waals surface area (Å²) in [5.74, 6) is -0.589. The van der Waals surface area contributed by atoms with Gasteiger partial charge >= 0.3 is 6.03 Å². The Morgan fingerprint density at radius 3 is 3.12 bits per heavy atom. The molecule has 0 radical (unpaired) electrons. The van der Waals surface area contributed by atoms with Gasteiger partial charge in [-0.25, -0.2) is 14.2 Å². The van der Waals surface area contributed by atoms with Gasteiger partial charge in [-0.3, -0.25) is 5.10 Å². The number of carbonyl (C=O) groups is 1. The molecule has 2 N–H and O–H groups in total. The van der Waals surface area contributed by atoms with E-state index in [2.05, 4.69) is 36.4 Å². The molecule has 0 aromatic carbocycles. The van der Waals surface area contributed by atoms with E-state index in [1.165, 1.54) is 12.3 Å². The number of H-pyrrole nitrogens is 1. The number of hydrogen-bond donors (Lipinski definition) is 2. The van der Waals surface area contributed by atoms with Crippen molar-refractivity contribution >= 4 is 39.0 Å². The molecule has 0 aliphatic carbocycles. The molecule has 3 aromatic heterocycles. The summed E-state index contributed by atoms with van der Waals surface area (Å²) in [6.45, 7) is 2.38. The standard InChI is InChI=1S/C17H15BrFN5OS/c1-9-7-12-10(15(23-22-12)13-3-2-6-26-13)8-24(9)17(25)21-11-4-5-20-16(18)14(11)19/h2-6,9H,7-8H2,1H3,(H,22,23)(H,20,21,25). The van der Waals surface area contributed by atoms with Gasteiger partial charge < -0.3 is 10.2 Å². The van der Waals surface area contributed by atoms with Crippen molar-refractivity contribution < 1.29 is 9.18 Å². The number of hydrogen-bond acceptors (Lipinski definition) is 4. The highest BCUT2D eigenvalue weighted by Crippen LogP contribution is 2.33. The third-order valence-corrected chi connectivity index (χ3v) is 5.85. The first kappa shape index (κ1) is 17.2. The number of anilines is 1. The largest absolute Gasteiger partial charge is 0.322 e. The van der Waals surface area contributed by atoms with Crippen LogP contribution in [0.3, 0.4) is 0 Å². The zero-order valence-corrected chi connectivity index (χ0v) is 16.2. The lowest BCUT2D eigenvalue weighted by molar-refractivity contribution is 0.182. The summed E-state index contributed by atoms with van der Waals surface area (Å²) < 4.78 is 14.2. The SMILES string of the molecule is CC1Cc2[nH]nc(-c3cccs3)c2CN1C(=O)Nc1ccnc(Br)c1F. The number of fused-ring (bicyclic) bond motifs is 1. The number of amides is 2. The summed E-state index contributed by atoms with van der Waals surface area (Å²) in [7, 11) is 0. The molecule has 1 unspecified atom stereocenters. The first-order valence-corrected chi connectivity index (χ1v) is 9.69. The Morgan fingerprint density at radius 1 is 1.50 bits per heavy atom. The van der Waals surface area contributed by atoms with Crippen LogP contribution >= 0.6 is 27.3 Å². The fourth-order valence-electron chi connectivity index (χ4n) is 3.06. The van der Waals surface area contributed by atoms with Crippen molar-refractivity contribution in [3.8, 4) is 10.6 Å². The third-order valence-electron chi connectivity index (χ3n) is 4.42. The lowest BCUT2D eigenvalue weighted by Gasteiger charge is -2.33. The number of halogens is 2. The smallest absolute Gasteiger partial charge is 0.317 e. The maximum atomic E-state index is 14.1. The van der Waals surface area contributed by atoms with Crippen molar-refractivity contribution in [2.45, 2.75) is 25.9 Å². The van der Waals surface area contributed by atoms with Crippen LogP contribution in [0.15, 0.2) is 34.4 Å². The second kappa shape index (κ2) is 6.81. The zero-order chi connectivity index (χ0) is 18.3. The van der Waals surface area contributed by atoms with E-state index >= 15 is 0 Å². The van der Waals surface area contributed by atoms with E-state index in [4.69, 9.17) is 0 Å². The maximum Gasteiger partial charge on any atom is 0.322 e. The molecule has 0 saturated heterocycles. The minimum absolute atomic E-state index is 0.0347. The van der Waals surface area contributed by atoms with Crippen LogP contribution in [0.2, 0.25) is 0 Å². The summed E-state index contributed by atoms with van der Waals surface area (Å²) in [6.07, 6.45) is 2.11. The molecule has 0 spiro atoms. The summed E-state index contributed by atoms with van der Waals surface area (Å²) in [6, 6.07) is 5.03. The van der Waals surface area contributed by atoms with E-state index in [1.54, 1.807) is 16.2 Å². The highest BCUT2D eigenvalue weighted by atomic mass is 79.9. The zero-order valence-electron chi connectivity index (χ0n) is 13.8. The van der Waals surface area contributed by atoms with E-state index in [9.17, 15) is 9.18 Å². The average molecular weight is 436 g/mol. The van der Waals surface area contributed by atoms with E-state index in [1.807, 2.05) is 24.4 Å². The molecule has 9 heteroatoms. The highest BCUT2D eigenvalue weighted by Gasteiger charge is 2.31. The molecule has 6 nitrogen and oxygen atoms in total. The van der Waals surface area contributed by atoms with Crippen molar-refractivity contribution in [3.05, 3.63) is 51.5 Å². The Bertz CT molecular complexity index is 958. The topological polar surface area (TPSA) is 73.9 Å². The van der Waals surface area contributed by atoms with Crippen LogP contribution in [-0.4, -0.2) is 32.2 Å². The van der Waals surface area contributed by atoms with E-state index < -0.39 is 5.82 Å². The molecule has 4 rings (SSSR count). The fraction of sp³-hybridized carbons (Fsp3) is 0.235. The van der Waals surface area contributed by atoms with Crippen LogP contribution in [0, 0.1) is 5.82 Å². The Balaban J connectivity index is 1.59. The van der Waals surface area contributed by atoms with Crippen molar-refractivity contribution in [3.63, 3.8) is 0 Å². The molecule has 134 valence electrons. The van der Waals surface area contributed by atoms with E-state index in [0.717, 1.165) is 21.8 Å². The van der Waals surface area contributed by atoms with Gasteiger partial charge in [-0.1, -0.05) is 6.07 Å². The van der Waals surface area contributed by atoms with Crippen molar-refractivity contribution in [1.29, 1.82) is 0 Å². The number of pyridine rings is 1. The van der Waals surface area contributed by atoms with Crippen molar-refractivity contribution in [2.24, 2.45) is 0 Å². The number of thiophene rings is 1. The fourth-order valence-corrected chi connectivity index (χ4v) is 4.14. The number of rotatable bonds is 2. The monoisotopic (exact) mass is 435 g/mol. The molecule has 0 fully saturated rings. The highest BCUT2D eigenvalue weighted by molar-refractivity contribution is 9.10. The number of aromatic nitrogens is 3.